The number of nitrogens with one attached hydrogen (secondary N) is 1. The van der Waals surface area contributed by atoms with Crippen LogP contribution in [0.25, 0.3) is 0 Å². The molecular formula is C20H21N3O5S. The molecule has 1 N–H and O–H groups in total. The first-order valence-electron chi connectivity index (χ1n) is 8.78. The van der Waals surface area contributed by atoms with Crippen molar-refractivity contribution in [3.8, 4) is 6.07 Å². The normalized spacial score (nSPS) is 10.8. The molecule has 0 fully saturated rings. The van der Waals surface area contributed by atoms with Crippen LogP contribution in [0.1, 0.15) is 12.0 Å². The van der Waals surface area contributed by atoms with Gasteiger partial charge in [0.15, 0.2) is 6.61 Å². The van der Waals surface area contributed by atoms with E-state index in [1.54, 1.807) is 42.5 Å². The van der Waals surface area contributed by atoms with Crippen molar-refractivity contribution in [2.75, 3.05) is 25.1 Å². The number of aryl methyl sites for hydroxylation is 1. The van der Waals surface area contributed by atoms with Crippen molar-refractivity contribution in [1.82, 2.24) is 4.72 Å². The zero-order valence-electron chi connectivity index (χ0n) is 15.9. The maximum Gasteiger partial charge on any atom is 0.306 e. The van der Waals surface area contributed by atoms with Crippen molar-refractivity contribution in [2.24, 2.45) is 0 Å². The van der Waals surface area contributed by atoms with Crippen molar-refractivity contribution in [3.63, 3.8) is 0 Å². The number of hydrogen-bond donors (Lipinski definition) is 1. The number of nitriles is 1. The Kier molecular flexibility index (Phi) is 7.88. The van der Waals surface area contributed by atoms with Gasteiger partial charge >= 0.3 is 5.97 Å². The topological polar surface area (TPSA) is 117 Å². The van der Waals surface area contributed by atoms with Gasteiger partial charge in [-0.1, -0.05) is 30.3 Å². The minimum absolute atomic E-state index is 0.0367. The number of nitrogens with zero attached hydrogens (tertiary/aromatic N) is 2. The fraction of sp³-hybridized carbons (Fsp3) is 0.250. The summed E-state index contributed by atoms with van der Waals surface area (Å²) in [5, 5.41) is 8.93. The average molecular weight is 415 g/mol. The Bertz CT molecular complexity index is 983. The number of hydrogen-bond acceptors (Lipinski definition) is 6. The van der Waals surface area contributed by atoms with E-state index in [9.17, 15) is 18.0 Å². The quantitative estimate of drug-likeness (QED) is 0.491. The van der Waals surface area contributed by atoms with E-state index in [-0.39, 0.29) is 17.9 Å². The zero-order valence-corrected chi connectivity index (χ0v) is 16.7. The van der Waals surface area contributed by atoms with Gasteiger partial charge in [0, 0.05) is 12.1 Å². The number of benzene rings is 2. The lowest BCUT2D eigenvalue weighted by Gasteiger charge is -2.19. The molecule has 8 nitrogen and oxygen atoms in total. The van der Waals surface area contributed by atoms with Gasteiger partial charge < -0.3 is 4.74 Å². The number of carbonyl (C=O) groups is 2. The van der Waals surface area contributed by atoms with Crippen LogP contribution in [0.2, 0.25) is 0 Å². The third-order valence-electron chi connectivity index (χ3n) is 4.07. The Hall–Kier alpha value is -3.22. The Labute approximate surface area is 169 Å². The molecule has 0 unspecified atom stereocenters. The number of esters is 1. The van der Waals surface area contributed by atoms with E-state index in [4.69, 9.17) is 10.00 Å². The first-order valence-corrected chi connectivity index (χ1v) is 10.3. The smallest absolute Gasteiger partial charge is 0.306 e. The van der Waals surface area contributed by atoms with Gasteiger partial charge in [-0.15, -0.1) is 0 Å². The Morgan fingerprint density at radius 3 is 2.34 bits per heavy atom. The number of para-hydroxylation sites is 1. The van der Waals surface area contributed by atoms with E-state index in [1.807, 2.05) is 6.07 Å². The van der Waals surface area contributed by atoms with Gasteiger partial charge in [-0.2, -0.15) is 5.26 Å². The van der Waals surface area contributed by atoms with Crippen molar-refractivity contribution in [1.29, 1.82) is 5.26 Å². The molecule has 2 rings (SSSR count). The van der Waals surface area contributed by atoms with Crippen LogP contribution in [0, 0.1) is 11.3 Å². The molecule has 1 amide bonds. The van der Waals surface area contributed by atoms with Crippen LogP contribution < -0.4 is 9.62 Å². The van der Waals surface area contributed by atoms with Crippen LogP contribution in [0.3, 0.4) is 0 Å². The molecule has 0 bridgehead atoms. The van der Waals surface area contributed by atoms with Gasteiger partial charge in [0.05, 0.1) is 11.0 Å². The van der Waals surface area contributed by atoms with Crippen LogP contribution in [-0.4, -0.2) is 40.5 Å². The SMILES string of the molecule is CNS(=O)(=O)c1ccc(CCC(=O)OCC(=O)N(CC#N)c2ccccc2)cc1. The lowest BCUT2D eigenvalue weighted by atomic mass is 10.1. The molecule has 0 saturated heterocycles. The number of rotatable bonds is 9. The van der Waals surface area contributed by atoms with Gasteiger partial charge in [-0.3, -0.25) is 14.5 Å². The Morgan fingerprint density at radius 2 is 1.76 bits per heavy atom. The highest BCUT2D eigenvalue weighted by Crippen LogP contribution is 2.14. The summed E-state index contributed by atoms with van der Waals surface area (Å²) in [4.78, 5) is 25.6. The van der Waals surface area contributed by atoms with Gasteiger partial charge in [-0.05, 0) is 43.3 Å². The highest BCUT2D eigenvalue weighted by molar-refractivity contribution is 7.89. The van der Waals surface area contributed by atoms with E-state index in [2.05, 4.69) is 4.72 Å². The van der Waals surface area contributed by atoms with Gasteiger partial charge in [0.25, 0.3) is 5.91 Å². The van der Waals surface area contributed by atoms with Gasteiger partial charge in [0.2, 0.25) is 10.0 Å². The van der Waals surface area contributed by atoms with E-state index in [1.165, 1.54) is 24.1 Å². The van der Waals surface area contributed by atoms with Crippen LogP contribution in [0.4, 0.5) is 5.69 Å². The largest absolute Gasteiger partial charge is 0.456 e. The molecule has 0 aliphatic carbocycles. The van der Waals surface area contributed by atoms with Crippen LogP contribution in [-0.2, 0) is 30.8 Å². The van der Waals surface area contributed by atoms with Crippen LogP contribution >= 0.6 is 0 Å². The van der Waals surface area contributed by atoms with Gasteiger partial charge in [0.1, 0.15) is 6.54 Å². The fourth-order valence-electron chi connectivity index (χ4n) is 2.49. The monoisotopic (exact) mass is 415 g/mol. The maximum atomic E-state index is 12.3. The Morgan fingerprint density at radius 1 is 1.10 bits per heavy atom. The lowest BCUT2D eigenvalue weighted by Crippen LogP contribution is -2.35. The molecule has 0 spiro atoms. The fourth-order valence-corrected chi connectivity index (χ4v) is 3.22. The molecule has 152 valence electrons. The number of sulfonamides is 1. The minimum Gasteiger partial charge on any atom is -0.456 e. The van der Waals surface area contributed by atoms with E-state index in [0.29, 0.717) is 12.1 Å². The van der Waals surface area contributed by atoms with E-state index in [0.717, 1.165) is 5.56 Å². The molecular weight excluding hydrogens is 394 g/mol. The second-order valence-electron chi connectivity index (χ2n) is 5.99. The van der Waals surface area contributed by atoms with Crippen molar-refractivity contribution < 1.29 is 22.7 Å². The summed E-state index contributed by atoms with van der Waals surface area (Å²) >= 11 is 0. The van der Waals surface area contributed by atoms with Crippen molar-refractivity contribution in [2.45, 2.75) is 17.7 Å². The van der Waals surface area contributed by atoms with Crippen LogP contribution in [0.15, 0.2) is 59.5 Å². The summed E-state index contributed by atoms with van der Waals surface area (Å²) in [6.45, 7) is -0.614. The average Bonchev–Trinajstić information content (AvgIpc) is 2.75. The van der Waals surface area contributed by atoms with Crippen molar-refractivity contribution in [3.05, 3.63) is 60.2 Å². The number of carbonyl (C=O) groups excluding carboxylic acids is 2. The number of ether oxygens (including phenoxy) is 1. The van der Waals surface area contributed by atoms with Gasteiger partial charge in [-0.25, -0.2) is 13.1 Å². The summed E-state index contributed by atoms with van der Waals surface area (Å²) in [6.07, 6.45) is 0.377. The van der Waals surface area contributed by atoms with Crippen LogP contribution in [0.5, 0.6) is 0 Å². The first-order chi connectivity index (χ1) is 13.9. The molecule has 9 heteroatoms. The highest BCUT2D eigenvalue weighted by Gasteiger charge is 2.17. The minimum atomic E-state index is -3.51. The summed E-state index contributed by atoms with van der Waals surface area (Å²) in [6, 6.07) is 16.7. The third-order valence-corrected chi connectivity index (χ3v) is 5.50. The first kappa shape index (κ1) is 22.1. The standard InChI is InChI=1S/C20H21N3O5S/c1-22-29(26,27)18-10-7-16(8-11-18)9-12-20(25)28-15-19(24)23(14-13-21)17-5-3-2-4-6-17/h2-8,10-11,22H,9,12,14-15H2,1H3. The molecule has 0 atom stereocenters. The summed E-state index contributed by atoms with van der Waals surface area (Å²) in [5.41, 5.74) is 1.31. The second-order valence-corrected chi connectivity index (χ2v) is 7.87. The maximum absolute atomic E-state index is 12.3. The molecule has 0 heterocycles. The second kappa shape index (κ2) is 10.4. The van der Waals surface area contributed by atoms with E-state index < -0.39 is 28.5 Å². The molecule has 0 radical (unpaired) electrons. The molecule has 0 aliphatic rings. The third kappa shape index (κ3) is 6.41. The molecule has 2 aromatic carbocycles. The zero-order chi connectivity index (χ0) is 21.3. The number of amides is 1. The Balaban J connectivity index is 1.86. The summed E-state index contributed by atoms with van der Waals surface area (Å²) < 4.78 is 30.6. The number of anilines is 1. The van der Waals surface area contributed by atoms with Crippen molar-refractivity contribution >= 4 is 27.6 Å². The molecule has 0 saturated carbocycles. The summed E-state index contributed by atoms with van der Waals surface area (Å²) in [5.74, 6) is -1.05. The van der Waals surface area contributed by atoms with E-state index >= 15 is 0 Å². The predicted octanol–water partition coefficient (Wildman–Crippen LogP) is 1.63. The lowest BCUT2D eigenvalue weighted by molar-refractivity contribution is -0.147. The molecule has 2 aromatic rings. The predicted molar refractivity (Wildman–Crippen MR) is 106 cm³/mol. The highest BCUT2D eigenvalue weighted by atomic mass is 32.2. The molecule has 29 heavy (non-hydrogen) atoms. The molecule has 0 aliphatic heterocycles. The molecule has 0 aromatic heterocycles. The summed E-state index contributed by atoms with van der Waals surface area (Å²) in [7, 11) is -2.18.